The molecule has 0 bridgehead atoms. The van der Waals surface area contributed by atoms with E-state index in [1.165, 1.54) is 4.98 Å². The first kappa shape index (κ1) is 16.7. The van der Waals surface area contributed by atoms with Crippen molar-refractivity contribution in [3.05, 3.63) is 32.6 Å². The number of rotatable bonds is 3. The van der Waals surface area contributed by atoms with Gasteiger partial charge in [-0.2, -0.15) is 13.2 Å². The van der Waals surface area contributed by atoms with Crippen LogP contribution >= 0.6 is 0 Å². The molecular formula is C11H13F3N2O6. The van der Waals surface area contributed by atoms with Crippen molar-refractivity contribution in [3.8, 4) is 0 Å². The largest absolute Gasteiger partial charge is 0.423 e. The van der Waals surface area contributed by atoms with Gasteiger partial charge in [0.05, 0.1) is 6.61 Å². The van der Waals surface area contributed by atoms with E-state index < -0.39 is 54.1 Å². The number of nitrogens with zero attached hydrogens (tertiary/aromatic N) is 1. The summed E-state index contributed by atoms with van der Waals surface area (Å²) in [5.74, 6) is 0. The predicted octanol–water partition coefficient (Wildman–Crippen LogP) is -1.18. The summed E-state index contributed by atoms with van der Waals surface area (Å²) < 4.78 is 48.8. The molecule has 1 aliphatic heterocycles. The van der Waals surface area contributed by atoms with Gasteiger partial charge in [-0.25, -0.2) is 4.79 Å². The summed E-state index contributed by atoms with van der Waals surface area (Å²) in [6, 6.07) is 0. The van der Waals surface area contributed by atoms with Gasteiger partial charge < -0.3 is 19.7 Å². The van der Waals surface area contributed by atoms with Gasteiger partial charge in [0.25, 0.3) is 5.56 Å². The summed E-state index contributed by atoms with van der Waals surface area (Å²) in [5.41, 5.74) is -4.33. The fourth-order valence-corrected chi connectivity index (χ4v) is 2.22. The number of nitrogens with one attached hydrogen (secondary N) is 1. The van der Waals surface area contributed by atoms with E-state index in [9.17, 15) is 27.9 Å². The van der Waals surface area contributed by atoms with Gasteiger partial charge in [-0.15, -0.1) is 0 Å². The minimum Gasteiger partial charge on any atom is -0.394 e. The smallest absolute Gasteiger partial charge is 0.394 e. The van der Waals surface area contributed by atoms with Crippen LogP contribution in [-0.4, -0.2) is 51.8 Å². The van der Waals surface area contributed by atoms with Crippen molar-refractivity contribution < 1.29 is 32.9 Å². The Bertz CT molecular complexity index is 654. The number of aliphatic hydroxyl groups excluding tert-OH is 2. The Hall–Kier alpha value is -1.69. The second kappa shape index (κ2) is 5.83. The maximum absolute atomic E-state index is 12.7. The SMILES string of the molecule is CO[C@@H]1[C@H](O)[C@@H](CO)O[C@H]1n1cc(C(F)(F)F)c(=O)[nH]c1=O. The highest BCUT2D eigenvalue weighted by Gasteiger charge is 2.46. The zero-order valence-electron chi connectivity index (χ0n) is 11.2. The van der Waals surface area contributed by atoms with Crippen molar-refractivity contribution in [2.24, 2.45) is 0 Å². The van der Waals surface area contributed by atoms with Crippen LogP contribution in [0.5, 0.6) is 0 Å². The molecule has 1 aromatic heterocycles. The summed E-state index contributed by atoms with van der Waals surface area (Å²) in [6.45, 7) is -0.623. The third-order valence-corrected chi connectivity index (χ3v) is 3.31. The Labute approximate surface area is 120 Å². The molecule has 2 heterocycles. The number of hydrogen-bond acceptors (Lipinski definition) is 6. The molecule has 1 aliphatic rings. The van der Waals surface area contributed by atoms with Crippen molar-refractivity contribution >= 4 is 0 Å². The minimum atomic E-state index is -4.97. The molecule has 0 saturated carbocycles. The number of alkyl halides is 3. The van der Waals surface area contributed by atoms with Crippen molar-refractivity contribution in [3.63, 3.8) is 0 Å². The van der Waals surface area contributed by atoms with Gasteiger partial charge >= 0.3 is 11.9 Å². The van der Waals surface area contributed by atoms with E-state index in [0.717, 1.165) is 7.11 Å². The van der Waals surface area contributed by atoms with Gasteiger partial charge in [0.2, 0.25) is 0 Å². The fraction of sp³-hybridized carbons (Fsp3) is 0.636. The molecule has 0 radical (unpaired) electrons. The molecule has 4 atom stereocenters. The number of hydrogen-bond donors (Lipinski definition) is 3. The van der Waals surface area contributed by atoms with E-state index >= 15 is 0 Å². The molecule has 1 aromatic rings. The van der Waals surface area contributed by atoms with E-state index in [0.29, 0.717) is 10.8 Å². The molecule has 124 valence electrons. The highest BCUT2D eigenvalue weighted by Crippen LogP contribution is 2.31. The van der Waals surface area contributed by atoms with E-state index in [-0.39, 0.29) is 0 Å². The lowest BCUT2D eigenvalue weighted by Crippen LogP contribution is -2.40. The topological polar surface area (TPSA) is 114 Å². The molecule has 0 amide bonds. The van der Waals surface area contributed by atoms with E-state index in [1.807, 2.05) is 0 Å². The molecule has 0 spiro atoms. The van der Waals surface area contributed by atoms with Crippen LogP contribution in [-0.2, 0) is 15.7 Å². The van der Waals surface area contributed by atoms with E-state index in [1.54, 1.807) is 0 Å². The number of methoxy groups -OCH3 is 1. The number of H-pyrrole nitrogens is 1. The molecule has 3 N–H and O–H groups in total. The van der Waals surface area contributed by atoms with Crippen molar-refractivity contribution in [1.29, 1.82) is 0 Å². The van der Waals surface area contributed by atoms with Crippen LogP contribution in [0.1, 0.15) is 11.8 Å². The predicted molar refractivity (Wildman–Crippen MR) is 64.1 cm³/mol. The van der Waals surface area contributed by atoms with E-state index in [4.69, 9.17) is 14.6 Å². The molecule has 1 saturated heterocycles. The highest BCUT2D eigenvalue weighted by atomic mass is 19.4. The average molecular weight is 326 g/mol. The number of aliphatic hydroxyl groups is 2. The van der Waals surface area contributed by atoms with Crippen LogP contribution in [0.2, 0.25) is 0 Å². The molecule has 0 aromatic carbocycles. The molecule has 22 heavy (non-hydrogen) atoms. The third-order valence-electron chi connectivity index (χ3n) is 3.31. The molecule has 0 unspecified atom stereocenters. The van der Waals surface area contributed by atoms with Crippen molar-refractivity contribution in [2.45, 2.75) is 30.7 Å². The Morgan fingerprint density at radius 1 is 1.45 bits per heavy atom. The lowest BCUT2D eigenvalue weighted by Gasteiger charge is -2.21. The van der Waals surface area contributed by atoms with Gasteiger partial charge in [0, 0.05) is 13.3 Å². The van der Waals surface area contributed by atoms with Crippen LogP contribution in [0.4, 0.5) is 13.2 Å². The Kier molecular flexibility index (Phi) is 4.42. The molecular weight excluding hydrogens is 313 g/mol. The normalized spacial score (nSPS) is 29.0. The van der Waals surface area contributed by atoms with Gasteiger partial charge in [-0.1, -0.05) is 0 Å². The summed E-state index contributed by atoms with van der Waals surface area (Å²) >= 11 is 0. The number of aromatic nitrogens is 2. The first-order valence-electron chi connectivity index (χ1n) is 6.10. The molecule has 8 nitrogen and oxygen atoms in total. The number of aromatic amines is 1. The Balaban J connectivity index is 2.53. The summed E-state index contributed by atoms with van der Waals surface area (Å²) in [6.07, 6.45) is -9.79. The maximum atomic E-state index is 12.7. The molecule has 2 rings (SSSR count). The van der Waals surface area contributed by atoms with Crippen LogP contribution in [0.15, 0.2) is 15.8 Å². The fourth-order valence-electron chi connectivity index (χ4n) is 2.22. The number of halogens is 3. The van der Waals surface area contributed by atoms with E-state index in [2.05, 4.69) is 0 Å². The highest BCUT2D eigenvalue weighted by molar-refractivity contribution is 5.10. The van der Waals surface area contributed by atoms with Gasteiger partial charge in [-0.3, -0.25) is 14.3 Å². The zero-order chi connectivity index (χ0) is 16.7. The van der Waals surface area contributed by atoms with Crippen LogP contribution in [0, 0.1) is 0 Å². The van der Waals surface area contributed by atoms with Gasteiger partial charge in [0.15, 0.2) is 6.23 Å². The van der Waals surface area contributed by atoms with Crippen molar-refractivity contribution in [1.82, 2.24) is 9.55 Å². The minimum absolute atomic E-state index is 0.296. The quantitative estimate of drug-likeness (QED) is 0.644. The standard InChI is InChI=1S/C11H13F3N2O6/c1-21-7-6(18)5(3-17)22-9(7)16-2-4(11(12,13)14)8(19)15-10(16)20/h2,5-7,9,17-18H,3H2,1H3,(H,15,19,20)/t5-,6-,7-,9-/m1/s1. The second-order valence-electron chi connectivity index (χ2n) is 4.65. The summed E-state index contributed by atoms with van der Waals surface area (Å²) in [7, 11) is 1.16. The first-order chi connectivity index (χ1) is 10.2. The third kappa shape index (κ3) is 2.79. The number of ether oxygens (including phenoxy) is 2. The van der Waals surface area contributed by atoms with Crippen LogP contribution in [0.25, 0.3) is 0 Å². The lowest BCUT2D eigenvalue weighted by molar-refractivity contribution is -0.140. The Morgan fingerprint density at radius 2 is 2.09 bits per heavy atom. The van der Waals surface area contributed by atoms with Crippen LogP contribution < -0.4 is 11.2 Å². The van der Waals surface area contributed by atoms with Crippen molar-refractivity contribution in [2.75, 3.05) is 13.7 Å². The first-order valence-corrected chi connectivity index (χ1v) is 6.10. The Morgan fingerprint density at radius 3 is 2.59 bits per heavy atom. The molecule has 0 aliphatic carbocycles. The molecule has 1 fully saturated rings. The lowest BCUT2D eigenvalue weighted by atomic mass is 10.1. The molecule has 11 heteroatoms. The summed E-state index contributed by atoms with van der Waals surface area (Å²) in [4.78, 5) is 24.5. The maximum Gasteiger partial charge on any atom is 0.423 e. The average Bonchev–Trinajstić information content (AvgIpc) is 2.73. The van der Waals surface area contributed by atoms with Gasteiger partial charge in [0.1, 0.15) is 23.9 Å². The summed E-state index contributed by atoms with van der Waals surface area (Å²) in [5, 5.41) is 18.9. The van der Waals surface area contributed by atoms with Gasteiger partial charge in [-0.05, 0) is 0 Å². The monoisotopic (exact) mass is 326 g/mol. The van der Waals surface area contributed by atoms with Crippen LogP contribution in [0.3, 0.4) is 0 Å². The zero-order valence-corrected chi connectivity index (χ0v) is 11.2. The second-order valence-corrected chi connectivity index (χ2v) is 4.65.